The summed E-state index contributed by atoms with van der Waals surface area (Å²) in [4.78, 5) is 17.3. The molecule has 1 aromatic carbocycles. The fourth-order valence-electron chi connectivity index (χ4n) is 4.87. The molecule has 3 aromatic rings. The first-order valence-electron chi connectivity index (χ1n) is 10.6. The van der Waals surface area contributed by atoms with Gasteiger partial charge in [-0.15, -0.1) is 0 Å². The summed E-state index contributed by atoms with van der Waals surface area (Å²) in [5.74, 6) is 0.630. The van der Waals surface area contributed by atoms with E-state index < -0.39 is 0 Å². The summed E-state index contributed by atoms with van der Waals surface area (Å²) >= 11 is 0. The number of nitrogens with zero attached hydrogens (tertiary/aromatic N) is 2. The molecule has 2 saturated carbocycles. The van der Waals surface area contributed by atoms with Crippen LogP contribution in [0.2, 0.25) is 0 Å². The lowest BCUT2D eigenvalue weighted by Gasteiger charge is -2.26. The topological polar surface area (TPSA) is 46.9 Å². The van der Waals surface area contributed by atoms with E-state index in [1.165, 1.54) is 48.7 Å². The minimum Gasteiger partial charge on any atom is -0.349 e. The van der Waals surface area contributed by atoms with Crippen LogP contribution in [0.3, 0.4) is 0 Å². The van der Waals surface area contributed by atoms with Gasteiger partial charge in [0, 0.05) is 35.8 Å². The molecule has 0 saturated heterocycles. The first-order valence-corrected chi connectivity index (χ1v) is 10.6. The Balaban J connectivity index is 1.63. The number of benzene rings is 1. The monoisotopic (exact) mass is 373 g/mol. The molecule has 4 heteroatoms. The van der Waals surface area contributed by atoms with Crippen molar-refractivity contribution >= 4 is 16.8 Å². The molecule has 1 amide bonds. The highest BCUT2D eigenvalue weighted by molar-refractivity contribution is 6.00. The first-order chi connectivity index (χ1) is 13.7. The summed E-state index contributed by atoms with van der Waals surface area (Å²) in [5, 5.41) is 4.44. The minimum absolute atomic E-state index is 0.0506. The molecule has 2 fully saturated rings. The molecular formula is C24H27N3O. The largest absolute Gasteiger partial charge is 0.349 e. The number of pyridine rings is 1. The second-order valence-corrected chi connectivity index (χ2v) is 8.35. The van der Waals surface area contributed by atoms with Gasteiger partial charge in [-0.25, -0.2) is 0 Å². The predicted molar refractivity (Wildman–Crippen MR) is 112 cm³/mol. The van der Waals surface area contributed by atoms with E-state index in [9.17, 15) is 4.79 Å². The average molecular weight is 374 g/mol. The van der Waals surface area contributed by atoms with Crippen LogP contribution in [0.4, 0.5) is 0 Å². The third-order valence-corrected chi connectivity index (χ3v) is 6.61. The number of hydrogen-bond acceptors (Lipinski definition) is 2. The van der Waals surface area contributed by atoms with Gasteiger partial charge in [0.25, 0.3) is 5.91 Å². The number of aryl methyl sites for hydroxylation is 1. The Morgan fingerprint density at radius 1 is 1.07 bits per heavy atom. The zero-order chi connectivity index (χ0) is 19.1. The standard InChI is InChI=1S/C24H27N3O/c1-27-21-15-17(24(28)26-18-9-6-10-18)12-13-19(21)22(16-7-2-3-8-16)23(27)20-11-4-5-14-25-20/h4-5,11-16,18H,2-3,6-10H2,1H3,(H,26,28). The molecule has 0 unspecified atom stereocenters. The van der Waals surface area contributed by atoms with Crippen LogP contribution >= 0.6 is 0 Å². The molecule has 0 spiro atoms. The highest BCUT2D eigenvalue weighted by atomic mass is 16.1. The fraction of sp³-hybridized carbons (Fsp3) is 0.417. The van der Waals surface area contributed by atoms with Crippen LogP contribution in [-0.4, -0.2) is 21.5 Å². The van der Waals surface area contributed by atoms with Crippen LogP contribution in [0, 0.1) is 0 Å². The number of carbonyl (C=O) groups is 1. The molecule has 2 heterocycles. The van der Waals surface area contributed by atoms with Crippen LogP contribution in [0.15, 0.2) is 42.6 Å². The van der Waals surface area contributed by atoms with E-state index in [1.807, 2.05) is 18.3 Å². The van der Waals surface area contributed by atoms with E-state index in [1.54, 1.807) is 0 Å². The van der Waals surface area contributed by atoms with Gasteiger partial charge in [-0.3, -0.25) is 9.78 Å². The van der Waals surface area contributed by atoms with Gasteiger partial charge >= 0.3 is 0 Å². The zero-order valence-corrected chi connectivity index (χ0v) is 16.4. The van der Waals surface area contributed by atoms with Gasteiger partial charge in [-0.2, -0.15) is 0 Å². The lowest BCUT2D eigenvalue weighted by molar-refractivity contribution is 0.0917. The summed E-state index contributed by atoms with van der Waals surface area (Å²) in [6.45, 7) is 0. The van der Waals surface area contributed by atoms with Gasteiger partial charge in [0.1, 0.15) is 0 Å². The highest BCUT2D eigenvalue weighted by Gasteiger charge is 2.27. The number of nitrogens with one attached hydrogen (secondary N) is 1. The Morgan fingerprint density at radius 3 is 2.57 bits per heavy atom. The predicted octanol–water partition coefficient (Wildman–Crippen LogP) is 5.18. The van der Waals surface area contributed by atoms with Crippen molar-refractivity contribution in [1.29, 1.82) is 0 Å². The van der Waals surface area contributed by atoms with Gasteiger partial charge < -0.3 is 9.88 Å². The Kier molecular flexibility index (Phi) is 4.42. The maximum Gasteiger partial charge on any atom is 0.251 e. The Bertz CT molecular complexity index is 1010. The smallest absolute Gasteiger partial charge is 0.251 e. The van der Waals surface area contributed by atoms with E-state index in [4.69, 9.17) is 0 Å². The van der Waals surface area contributed by atoms with Crippen LogP contribution in [0.25, 0.3) is 22.3 Å². The number of rotatable bonds is 4. The second-order valence-electron chi connectivity index (χ2n) is 8.35. The van der Waals surface area contributed by atoms with Gasteiger partial charge in [0.15, 0.2) is 0 Å². The highest BCUT2D eigenvalue weighted by Crippen LogP contribution is 2.44. The molecule has 28 heavy (non-hydrogen) atoms. The van der Waals surface area contributed by atoms with Crippen LogP contribution in [0.5, 0.6) is 0 Å². The summed E-state index contributed by atoms with van der Waals surface area (Å²) < 4.78 is 2.24. The summed E-state index contributed by atoms with van der Waals surface area (Å²) in [6.07, 6.45) is 10.4. The maximum atomic E-state index is 12.7. The molecule has 0 atom stereocenters. The lowest BCUT2D eigenvalue weighted by Crippen LogP contribution is -2.39. The van der Waals surface area contributed by atoms with E-state index in [-0.39, 0.29) is 5.91 Å². The normalized spacial score (nSPS) is 17.8. The average Bonchev–Trinajstić information content (AvgIpc) is 3.31. The molecule has 144 valence electrons. The van der Waals surface area contributed by atoms with E-state index in [2.05, 4.69) is 46.2 Å². The summed E-state index contributed by atoms with van der Waals surface area (Å²) in [5.41, 5.74) is 5.52. The quantitative estimate of drug-likeness (QED) is 0.685. The van der Waals surface area contributed by atoms with Crippen molar-refractivity contribution in [3.63, 3.8) is 0 Å². The van der Waals surface area contributed by atoms with Crippen molar-refractivity contribution in [2.24, 2.45) is 7.05 Å². The molecule has 0 aliphatic heterocycles. The molecule has 0 radical (unpaired) electrons. The van der Waals surface area contributed by atoms with Gasteiger partial charge in [0.2, 0.25) is 0 Å². The van der Waals surface area contributed by atoms with Crippen LogP contribution < -0.4 is 5.32 Å². The van der Waals surface area contributed by atoms with Gasteiger partial charge in [-0.05, 0) is 67.9 Å². The first kappa shape index (κ1) is 17.5. The number of aromatic nitrogens is 2. The third-order valence-electron chi connectivity index (χ3n) is 6.61. The summed E-state index contributed by atoms with van der Waals surface area (Å²) in [7, 11) is 2.11. The van der Waals surface area contributed by atoms with Crippen molar-refractivity contribution in [3.05, 3.63) is 53.7 Å². The van der Waals surface area contributed by atoms with Crippen molar-refractivity contribution < 1.29 is 4.79 Å². The van der Waals surface area contributed by atoms with Crippen LogP contribution in [0.1, 0.15) is 66.8 Å². The SMILES string of the molecule is Cn1c(-c2ccccn2)c(C2CCCC2)c2ccc(C(=O)NC3CCC3)cc21. The molecule has 5 rings (SSSR count). The Hall–Kier alpha value is -2.62. The molecule has 2 aromatic heterocycles. The molecular weight excluding hydrogens is 346 g/mol. The van der Waals surface area contributed by atoms with E-state index in [0.717, 1.165) is 29.6 Å². The minimum atomic E-state index is 0.0506. The number of carbonyl (C=O) groups excluding carboxylic acids is 1. The summed E-state index contributed by atoms with van der Waals surface area (Å²) in [6, 6.07) is 12.7. The fourth-order valence-corrected chi connectivity index (χ4v) is 4.87. The lowest BCUT2D eigenvalue weighted by atomic mass is 9.92. The van der Waals surface area contributed by atoms with Gasteiger partial charge in [-0.1, -0.05) is 25.0 Å². The van der Waals surface area contributed by atoms with E-state index in [0.29, 0.717) is 12.0 Å². The maximum absolute atomic E-state index is 12.7. The molecule has 4 nitrogen and oxygen atoms in total. The van der Waals surface area contributed by atoms with Crippen LogP contribution in [-0.2, 0) is 7.05 Å². The Labute approximate surface area is 166 Å². The number of hydrogen-bond donors (Lipinski definition) is 1. The Morgan fingerprint density at radius 2 is 1.89 bits per heavy atom. The van der Waals surface area contributed by atoms with Gasteiger partial charge in [0.05, 0.1) is 11.4 Å². The third kappa shape index (κ3) is 2.92. The molecule has 2 aliphatic rings. The van der Waals surface area contributed by atoms with Crippen molar-refractivity contribution in [2.45, 2.75) is 56.9 Å². The number of fused-ring (bicyclic) bond motifs is 1. The molecule has 2 aliphatic carbocycles. The van der Waals surface area contributed by atoms with Crippen molar-refractivity contribution in [3.8, 4) is 11.4 Å². The van der Waals surface area contributed by atoms with Crippen molar-refractivity contribution in [1.82, 2.24) is 14.9 Å². The second kappa shape index (κ2) is 7.08. The molecule has 0 bridgehead atoms. The van der Waals surface area contributed by atoms with E-state index >= 15 is 0 Å². The zero-order valence-electron chi connectivity index (χ0n) is 16.4. The van der Waals surface area contributed by atoms with Crippen molar-refractivity contribution in [2.75, 3.05) is 0 Å². The number of amides is 1. The molecule has 1 N–H and O–H groups in total.